The molecule has 1 heterocycles. The van der Waals surface area contributed by atoms with Crippen molar-refractivity contribution in [2.45, 2.75) is 52.2 Å². The molecule has 18 heavy (non-hydrogen) atoms. The van der Waals surface area contributed by atoms with Crippen molar-refractivity contribution in [1.82, 2.24) is 15.5 Å². The first kappa shape index (κ1) is 14.5. The number of H-pyrrole nitrogens is 1. The van der Waals surface area contributed by atoms with E-state index in [0.717, 1.165) is 5.69 Å². The molecule has 0 fully saturated rings. The highest BCUT2D eigenvalue weighted by Crippen LogP contribution is 2.22. The number of nitrogen functional groups attached to an aromatic ring is 1. The zero-order valence-corrected chi connectivity index (χ0v) is 11.5. The van der Waals surface area contributed by atoms with Crippen LogP contribution < -0.4 is 11.1 Å². The van der Waals surface area contributed by atoms with Crippen molar-refractivity contribution in [3.8, 4) is 0 Å². The van der Waals surface area contributed by atoms with E-state index in [4.69, 9.17) is 5.73 Å². The van der Waals surface area contributed by atoms with Gasteiger partial charge in [-0.05, 0) is 26.7 Å². The lowest BCUT2D eigenvalue weighted by atomic mass is 9.98. The second-order valence-corrected chi connectivity index (χ2v) is 5.41. The van der Waals surface area contributed by atoms with Crippen molar-refractivity contribution in [3.05, 3.63) is 11.4 Å². The standard InChI is InChI=1S/C12H22N4O2/c1-6(2)9-8(13)10(16-15-9)11(18)14-12(4,5)7(3)17/h6-7,17H,13H2,1-5H3,(H,14,18)(H,15,16). The fourth-order valence-electron chi connectivity index (χ4n) is 1.43. The molecule has 0 saturated heterocycles. The first-order valence-corrected chi connectivity index (χ1v) is 6.01. The average molecular weight is 254 g/mol. The third-order valence-electron chi connectivity index (χ3n) is 3.11. The van der Waals surface area contributed by atoms with E-state index in [1.807, 2.05) is 13.8 Å². The minimum absolute atomic E-state index is 0.170. The molecular formula is C12H22N4O2. The van der Waals surface area contributed by atoms with Crippen molar-refractivity contribution in [2.24, 2.45) is 0 Å². The topological polar surface area (TPSA) is 104 Å². The van der Waals surface area contributed by atoms with E-state index >= 15 is 0 Å². The monoisotopic (exact) mass is 254 g/mol. The number of nitrogens with zero attached hydrogens (tertiary/aromatic N) is 1. The van der Waals surface area contributed by atoms with Gasteiger partial charge in [-0.15, -0.1) is 0 Å². The van der Waals surface area contributed by atoms with E-state index in [-0.39, 0.29) is 17.5 Å². The zero-order valence-electron chi connectivity index (χ0n) is 11.5. The fourth-order valence-corrected chi connectivity index (χ4v) is 1.43. The molecule has 0 aliphatic rings. The van der Waals surface area contributed by atoms with Crippen LogP contribution in [-0.4, -0.2) is 32.9 Å². The Morgan fingerprint density at radius 2 is 2.00 bits per heavy atom. The number of aliphatic hydroxyl groups excluding tert-OH is 1. The molecule has 1 aromatic rings. The first-order chi connectivity index (χ1) is 8.16. The maximum Gasteiger partial charge on any atom is 0.274 e. The highest BCUT2D eigenvalue weighted by Gasteiger charge is 2.29. The van der Waals surface area contributed by atoms with Gasteiger partial charge in [-0.25, -0.2) is 0 Å². The van der Waals surface area contributed by atoms with Crippen LogP contribution in [0.15, 0.2) is 0 Å². The predicted molar refractivity (Wildman–Crippen MR) is 70.3 cm³/mol. The Balaban J connectivity index is 2.93. The normalized spacial score (nSPS) is 13.7. The molecule has 0 radical (unpaired) electrons. The number of amides is 1. The molecule has 102 valence electrons. The molecule has 0 saturated carbocycles. The Labute approximate surface area is 107 Å². The largest absolute Gasteiger partial charge is 0.395 e. The number of aliphatic hydroxyl groups is 1. The summed E-state index contributed by atoms with van der Waals surface area (Å²) in [5, 5.41) is 19.0. The number of nitrogens with two attached hydrogens (primary N) is 1. The summed E-state index contributed by atoms with van der Waals surface area (Å²) < 4.78 is 0. The van der Waals surface area contributed by atoms with Crippen LogP contribution in [0.3, 0.4) is 0 Å². The number of carbonyl (C=O) groups is 1. The number of nitrogens with one attached hydrogen (secondary N) is 2. The summed E-state index contributed by atoms with van der Waals surface area (Å²) in [5.74, 6) is -0.217. The van der Waals surface area contributed by atoms with Gasteiger partial charge in [0.05, 0.1) is 23.0 Å². The summed E-state index contributed by atoms with van der Waals surface area (Å²) in [6, 6.07) is 0. The summed E-state index contributed by atoms with van der Waals surface area (Å²) >= 11 is 0. The smallest absolute Gasteiger partial charge is 0.274 e. The van der Waals surface area contributed by atoms with Gasteiger partial charge in [0.25, 0.3) is 5.91 Å². The first-order valence-electron chi connectivity index (χ1n) is 6.01. The van der Waals surface area contributed by atoms with E-state index in [1.165, 1.54) is 0 Å². The van der Waals surface area contributed by atoms with Gasteiger partial charge in [0.1, 0.15) is 0 Å². The molecule has 1 amide bonds. The van der Waals surface area contributed by atoms with Gasteiger partial charge >= 0.3 is 0 Å². The second-order valence-electron chi connectivity index (χ2n) is 5.41. The lowest BCUT2D eigenvalue weighted by Gasteiger charge is -2.28. The van der Waals surface area contributed by atoms with Gasteiger partial charge in [-0.3, -0.25) is 9.89 Å². The summed E-state index contributed by atoms with van der Waals surface area (Å²) in [6.07, 6.45) is -0.675. The molecule has 1 unspecified atom stereocenters. The van der Waals surface area contributed by atoms with Crippen molar-refractivity contribution in [1.29, 1.82) is 0 Å². The molecular weight excluding hydrogens is 232 g/mol. The maximum atomic E-state index is 12.0. The van der Waals surface area contributed by atoms with Gasteiger partial charge in [0, 0.05) is 0 Å². The summed E-state index contributed by atoms with van der Waals surface area (Å²) in [5.41, 5.74) is 6.43. The number of hydrogen-bond donors (Lipinski definition) is 4. The van der Waals surface area contributed by atoms with Gasteiger partial charge in [-0.1, -0.05) is 13.8 Å². The van der Waals surface area contributed by atoms with Crippen LogP contribution in [0.1, 0.15) is 56.7 Å². The molecule has 1 atom stereocenters. The minimum atomic E-state index is -0.736. The van der Waals surface area contributed by atoms with Gasteiger partial charge in [-0.2, -0.15) is 5.10 Å². The summed E-state index contributed by atoms with van der Waals surface area (Å²) in [4.78, 5) is 12.0. The molecule has 1 aromatic heterocycles. The van der Waals surface area contributed by atoms with Crippen LogP contribution in [0.5, 0.6) is 0 Å². The number of aromatic nitrogens is 2. The number of aromatic amines is 1. The van der Waals surface area contributed by atoms with Gasteiger partial charge < -0.3 is 16.2 Å². The maximum absolute atomic E-state index is 12.0. The van der Waals surface area contributed by atoms with Gasteiger partial charge in [0.15, 0.2) is 5.69 Å². The van der Waals surface area contributed by atoms with Crippen LogP contribution in [0.2, 0.25) is 0 Å². The molecule has 5 N–H and O–H groups in total. The van der Waals surface area contributed by atoms with E-state index < -0.39 is 11.6 Å². The predicted octanol–water partition coefficient (Wildman–Crippen LogP) is 1.00. The van der Waals surface area contributed by atoms with Crippen LogP contribution in [0.25, 0.3) is 0 Å². The van der Waals surface area contributed by atoms with E-state index in [1.54, 1.807) is 20.8 Å². The van der Waals surface area contributed by atoms with Crippen molar-refractivity contribution >= 4 is 11.6 Å². The Morgan fingerprint density at radius 3 is 2.39 bits per heavy atom. The molecule has 6 nitrogen and oxygen atoms in total. The lowest BCUT2D eigenvalue weighted by Crippen LogP contribution is -2.51. The molecule has 0 aromatic carbocycles. The fraction of sp³-hybridized carbons (Fsp3) is 0.667. The zero-order chi connectivity index (χ0) is 14.1. The summed E-state index contributed by atoms with van der Waals surface area (Å²) in [7, 11) is 0. The Morgan fingerprint density at radius 1 is 1.44 bits per heavy atom. The van der Waals surface area contributed by atoms with Crippen molar-refractivity contribution in [2.75, 3.05) is 5.73 Å². The molecule has 1 rings (SSSR count). The molecule has 0 bridgehead atoms. The third kappa shape index (κ3) is 2.81. The van der Waals surface area contributed by atoms with E-state index in [0.29, 0.717) is 5.69 Å². The lowest BCUT2D eigenvalue weighted by molar-refractivity contribution is 0.0706. The van der Waals surface area contributed by atoms with Crippen LogP contribution in [-0.2, 0) is 0 Å². The molecule has 0 aliphatic carbocycles. The average Bonchev–Trinajstić information content (AvgIpc) is 2.59. The second kappa shape index (κ2) is 4.97. The highest BCUT2D eigenvalue weighted by molar-refractivity contribution is 5.98. The quantitative estimate of drug-likeness (QED) is 0.643. The molecule has 6 heteroatoms. The van der Waals surface area contributed by atoms with Crippen molar-refractivity contribution < 1.29 is 9.90 Å². The van der Waals surface area contributed by atoms with E-state index in [9.17, 15) is 9.90 Å². The van der Waals surface area contributed by atoms with Crippen molar-refractivity contribution in [3.63, 3.8) is 0 Å². The Hall–Kier alpha value is -1.56. The SMILES string of the molecule is CC(C)c1[nH]nc(C(=O)NC(C)(C)C(C)O)c1N. The Bertz CT molecular complexity index is 435. The van der Waals surface area contributed by atoms with Crippen LogP contribution >= 0.6 is 0 Å². The molecule has 0 aliphatic heterocycles. The van der Waals surface area contributed by atoms with E-state index in [2.05, 4.69) is 15.5 Å². The summed E-state index contributed by atoms with van der Waals surface area (Å²) in [6.45, 7) is 9.02. The number of rotatable bonds is 4. The van der Waals surface area contributed by atoms with Gasteiger partial charge in [0.2, 0.25) is 0 Å². The van der Waals surface area contributed by atoms with Crippen LogP contribution in [0.4, 0.5) is 5.69 Å². The highest BCUT2D eigenvalue weighted by atomic mass is 16.3. The molecule has 0 spiro atoms. The third-order valence-corrected chi connectivity index (χ3v) is 3.11. The number of carbonyl (C=O) groups excluding carboxylic acids is 1. The van der Waals surface area contributed by atoms with Crippen LogP contribution in [0, 0.1) is 0 Å². The number of anilines is 1. The number of hydrogen-bond acceptors (Lipinski definition) is 4. The minimum Gasteiger partial charge on any atom is -0.395 e. The Kier molecular flexibility index (Phi) is 4.01.